The lowest BCUT2D eigenvalue weighted by Crippen LogP contribution is -2.30. The highest BCUT2D eigenvalue weighted by atomic mass is 35.5. The predicted molar refractivity (Wildman–Crippen MR) is 71.4 cm³/mol. The summed E-state index contributed by atoms with van der Waals surface area (Å²) in [4.78, 5) is 0. The van der Waals surface area contributed by atoms with E-state index in [2.05, 4.69) is 13.0 Å². The zero-order valence-corrected chi connectivity index (χ0v) is 11.4. The van der Waals surface area contributed by atoms with Gasteiger partial charge in [0.25, 0.3) is 0 Å². The second kappa shape index (κ2) is 4.88. The fourth-order valence-corrected chi connectivity index (χ4v) is 3.39. The summed E-state index contributed by atoms with van der Waals surface area (Å²) in [6.07, 6.45) is 3.84. The van der Waals surface area contributed by atoms with Crippen LogP contribution < -0.4 is 0 Å². The molecule has 0 radical (unpaired) electrons. The molecule has 0 aromatic heterocycles. The van der Waals surface area contributed by atoms with Crippen molar-refractivity contribution in [3.63, 3.8) is 0 Å². The summed E-state index contributed by atoms with van der Waals surface area (Å²) in [5.41, 5.74) is 0.347. The maximum absolute atomic E-state index is 9.56. The molecule has 17 heavy (non-hydrogen) atoms. The van der Waals surface area contributed by atoms with Crippen LogP contribution >= 0.6 is 23.2 Å². The van der Waals surface area contributed by atoms with Gasteiger partial charge in [-0.05, 0) is 43.7 Å². The van der Waals surface area contributed by atoms with Crippen molar-refractivity contribution in [1.82, 2.24) is 0 Å². The van der Waals surface area contributed by atoms with Gasteiger partial charge in [0.1, 0.15) is 0 Å². The molecule has 1 aromatic carbocycles. The first-order valence-corrected chi connectivity index (χ1v) is 6.70. The predicted octanol–water partition coefficient (Wildman–Crippen LogP) is 4.96. The lowest BCUT2D eigenvalue weighted by molar-refractivity contribution is 0.294. The smallest absolute Gasteiger partial charge is 0.0851 e. The molecule has 0 aliphatic heterocycles. The van der Waals surface area contributed by atoms with Crippen LogP contribution in [0.15, 0.2) is 18.2 Å². The van der Waals surface area contributed by atoms with E-state index in [4.69, 9.17) is 23.2 Å². The van der Waals surface area contributed by atoms with Gasteiger partial charge < -0.3 is 0 Å². The Balaban J connectivity index is 2.46. The molecular weight excluding hydrogens is 253 g/mol. The molecule has 2 rings (SSSR count). The molecular formula is C14H15Cl2N. The Labute approximate surface area is 112 Å². The third kappa shape index (κ3) is 2.30. The Morgan fingerprint density at radius 2 is 1.76 bits per heavy atom. The van der Waals surface area contributed by atoms with Gasteiger partial charge in [-0.25, -0.2) is 0 Å². The van der Waals surface area contributed by atoms with Crippen LogP contribution in [0.2, 0.25) is 10.0 Å². The molecule has 1 saturated carbocycles. The first-order chi connectivity index (χ1) is 8.09. The van der Waals surface area contributed by atoms with Crippen molar-refractivity contribution >= 4 is 23.2 Å². The van der Waals surface area contributed by atoms with Crippen LogP contribution in [-0.2, 0) is 5.41 Å². The number of benzene rings is 1. The third-order valence-electron chi connectivity index (χ3n) is 3.78. The lowest BCUT2D eigenvalue weighted by atomic mass is 9.68. The summed E-state index contributed by atoms with van der Waals surface area (Å²) in [7, 11) is 0. The Kier molecular flexibility index (Phi) is 3.66. The van der Waals surface area contributed by atoms with Crippen LogP contribution in [0.25, 0.3) is 0 Å². The van der Waals surface area contributed by atoms with E-state index in [1.165, 1.54) is 0 Å². The Morgan fingerprint density at radius 3 is 2.24 bits per heavy atom. The van der Waals surface area contributed by atoms with E-state index >= 15 is 0 Å². The number of nitriles is 1. The number of hydrogen-bond donors (Lipinski definition) is 0. The van der Waals surface area contributed by atoms with Crippen molar-refractivity contribution in [3.8, 4) is 6.07 Å². The zero-order chi connectivity index (χ0) is 12.5. The van der Waals surface area contributed by atoms with Crippen molar-refractivity contribution in [2.75, 3.05) is 0 Å². The van der Waals surface area contributed by atoms with Gasteiger partial charge in [0.2, 0.25) is 0 Å². The molecule has 0 bridgehead atoms. The fraction of sp³-hybridized carbons (Fsp3) is 0.500. The second-order valence-corrected chi connectivity index (χ2v) is 5.79. The normalized spacial score (nSPS) is 28.7. The molecule has 1 aromatic rings. The molecule has 0 heterocycles. The second-order valence-electron chi connectivity index (χ2n) is 4.97. The average molecular weight is 268 g/mol. The third-order valence-corrected chi connectivity index (χ3v) is 4.41. The molecule has 0 spiro atoms. The zero-order valence-electron chi connectivity index (χ0n) is 9.84. The molecule has 1 aliphatic rings. The SMILES string of the molecule is CC1CCC(C#N)(c2c(Cl)cccc2Cl)CC1. The molecule has 1 aliphatic carbocycles. The first kappa shape index (κ1) is 12.7. The van der Waals surface area contributed by atoms with Gasteiger partial charge in [-0.2, -0.15) is 5.26 Å². The van der Waals surface area contributed by atoms with Gasteiger partial charge in [-0.1, -0.05) is 36.2 Å². The van der Waals surface area contributed by atoms with Crippen LogP contribution in [0, 0.1) is 17.2 Å². The molecule has 0 N–H and O–H groups in total. The minimum atomic E-state index is -0.484. The topological polar surface area (TPSA) is 23.8 Å². The van der Waals surface area contributed by atoms with Crippen molar-refractivity contribution in [3.05, 3.63) is 33.8 Å². The maximum atomic E-state index is 9.56. The summed E-state index contributed by atoms with van der Waals surface area (Å²) in [5, 5.41) is 10.8. The summed E-state index contributed by atoms with van der Waals surface area (Å²) in [6, 6.07) is 7.93. The van der Waals surface area contributed by atoms with E-state index in [-0.39, 0.29) is 0 Å². The van der Waals surface area contributed by atoms with Gasteiger partial charge in [0.05, 0.1) is 11.5 Å². The van der Waals surface area contributed by atoms with Crippen LogP contribution in [0.4, 0.5) is 0 Å². The van der Waals surface area contributed by atoms with Crippen LogP contribution in [0.1, 0.15) is 38.2 Å². The molecule has 0 atom stereocenters. The number of halogens is 2. The van der Waals surface area contributed by atoms with Gasteiger partial charge in [-0.15, -0.1) is 0 Å². The van der Waals surface area contributed by atoms with Crippen LogP contribution in [0.5, 0.6) is 0 Å². The summed E-state index contributed by atoms with van der Waals surface area (Å²) >= 11 is 12.5. The van der Waals surface area contributed by atoms with E-state index in [0.717, 1.165) is 31.2 Å². The maximum Gasteiger partial charge on any atom is 0.0851 e. The van der Waals surface area contributed by atoms with Crippen LogP contribution in [-0.4, -0.2) is 0 Å². The monoisotopic (exact) mass is 267 g/mol. The number of nitrogens with zero attached hydrogens (tertiary/aromatic N) is 1. The number of hydrogen-bond acceptors (Lipinski definition) is 1. The first-order valence-electron chi connectivity index (χ1n) is 5.95. The number of rotatable bonds is 1. The van der Waals surface area contributed by atoms with Crippen molar-refractivity contribution in [1.29, 1.82) is 5.26 Å². The van der Waals surface area contributed by atoms with Gasteiger partial charge in [0, 0.05) is 15.6 Å². The van der Waals surface area contributed by atoms with Crippen molar-refractivity contribution in [2.24, 2.45) is 5.92 Å². The summed E-state index contributed by atoms with van der Waals surface area (Å²) in [5.74, 6) is 0.692. The molecule has 90 valence electrons. The van der Waals surface area contributed by atoms with Gasteiger partial charge in [-0.3, -0.25) is 0 Å². The highest BCUT2D eigenvalue weighted by molar-refractivity contribution is 6.36. The Bertz CT molecular complexity index is 434. The molecule has 0 unspecified atom stereocenters. The Hall–Kier alpha value is -0.710. The van der Waals surface area contributed by atoms with Crippen molar-refractivity contribution in [2.45, 2.75) is 38.0 Å². The lowest BCUT2D eigenvalue weighted by Gasteiger charge is -2.35. The van der Waals surface area contributed by atoms with Gasteiger partial charge in [0.15, 0.2) is 0 Å². The van der Waals surface area contributed by atoms with E-state index in [1.54, 1.807) is 0 Å². The van der Waals surface area contributed by atoms with E-state index < -0.39 is 5.41 Å². The summed E-state index contributed by atoms with van der Waals surface area (Å²) < 4.78 is 0. The highest BCUT2D eigenvalue weighted by Gasteiger charge is 2.38. The minimum Gasteiger partial charge on any atom is -0.197 e. The molecule has 3 heteroatoms. The Morgan fingerprint density at radius 1 is 1.24 bits per heavy atom. The van der Waals surface area contributed by atoms with E-state index in [0.29, 0.717) is 16.0 Å². The quantitative estimate of drug-likeness (QED) is 0.705. The standard InChI is InChI=1S/C14H15Cl2N/c1-10-5-7-14(9-17,8-6-10)13-11(15)3-2-4-12(13)16/h2-4,10H,5-8H2,1H3. The average Bonchev–Trinajstić information content (AvgIpc) is 2.32. The molecule has 0 amide bonds. The van der Waals surface area contributed by atoms with Crippen molar-refractivity contribution < 1.29 is 0 Å². The summed E-state index contributed by atoms with van der Waals surface area (Å²) in [6.45, 7) is 2.23. The largest absolute Gasteiger partial charge is 0.197 e. The highest BCUT2D eigenvalue weighted by Crippen LogP contribution is 2.46. The van der Waals surface area contributed by atoms with Crippen LogP contribution in [0.3, 0.4) is 0 Å². The van der Waals surface area contributed by atoms with E-state index in [1.807, 2.05) is 18.2 Å². The fourth-order valence-electron chi connectivity index (χ4n) is 2.63. The van der Waals surface area contributed by atoms with Gasteiger partial charge >= 0.3 is 0 Å². The molecule has 1 nitrogen and oxygen atoms in total. The van der Waals surface area contributed by atoms with E-state index in [9.17, 15) is 5.26 Å². The minimum absolute atomic E-state index is 0.484. The molecule has 0 saturated heterocycles. The molecule has 1 fully saturated rings.